The highest BCUT2D eigenvalue weighted by Crippen LogP contribution is 2.21. The zero-order valence-electron chi connectivity index (χ0n) is 21.9. The van der Waals surface area contributed by atoms with Gasteiger partial charge in [0.2, 0.25) is 35.4 Å². The predicted octanol–water partition coefficient (Wildman–Crippen LogP) is -0.976. The van der Waals surface area contributed by atoms with Gasteiger partial charge in [-0.15, -0.1) is 0 Å². The lowest BCUT2D eigenvalue weighted by atomic mass is 9.85. The van der Waals surface area contributed by atoms with Crippen molar-refractivity contribution in [1.82, 2.24) is 26.2 Å². The summed E-state index contributed by atoms with van der Waals surface area (Å²) in [6.07, 6.45) is 0.881. The molecule has 0 spiro atoms. The number of nitrogens with two attached hydrogens (primary N) is 1. The van der Waals surface area contributed by atoms with Crippen LogP contribution in [0.1, 0.15) is 61.3 Å². The molecule has 0 radical (unpaired) electrons. The Labute approximate surface area is 207 Å². The second kappa shape index (κ2) is 14.9. The summed E-state index contributed by atoms with van der Waals surface area (Å²) in [7, 11) is 0. The fourth-order valence-electron chi connectivity index (χ4n) is 3.20. The summed E-state index contributed by atoms with van der Waals surface area (Å²) in [5, 5.41) is 10.1. The highest BCUT2D eigenvalue weighted by Gasteiger charge is 2.36. The fraction of sp³-hybridized carbons (Fsp3) is 0.739. The minimum atomic E-state index is -0.951. The van der Waals surface area contributed by atoms with Crippen LogP contribution < -0.4 is 27.0 Å². The van der Waals surface area contributed by atoms with Gasteiger partial charge in [0.15, 0.2) is 0 Å². The Morgan fingerprint density at radius 3 is 1.97 bits per heavy atom. The zero-order valence-corrected chi connectivity index (χ0v) is 21.9. The van der Waals surface area contributed by atoms with Crippen LogP contribution in [0.5, 0.6) is 0 Å². The van der Waals surface area contributed by atoms with Crippen molar-refractivity contribution in [2.45, 2.75) is 73.4 Å². The highest BCUT2D eigenvalue weighted by atomic mass is 16.2. The minimum absolute atomic E-state index is 0.0668. The molecule has 0 aliphatic rings. The number of carbonyl (C=O) groups excluding carboxylic acids is 6. The molecule has 0 saturated carbocycles. The van der Waals surface area contributed by atoms with E-state index in [4.69, 9.17) is 5.73 Å². The van der Waals surface area contributed by atoms with Gasteiger partial charge in [-0.2, -0.15) is 0 Å². The maximum absolute atomic E-state index is 13.4. The van der Waals surface area contributed by atoms with Crippen molar-refractivity contribution in [3.63, 3.8) is 0 Å². The molecule has 0 bridgehead atoms. The number of amides is 6. The van der Waals surface area contributed by atoms with E-state index in [-0.39, 0.29) is 38.0 Å². The van der Waals surface area contributed by atoms with Crippen LogP contribution >= 0.6 is 0 Å². The van der Waals surface area contributed by atoms with Crippen molar-refractivity contribution in [3.05, 3.63) is 0 Å². The van der Waals surface area contributed by atoms with E-state index >= 15 is 0 Å². The van der Waals surface area contributed by atoms with E-state index in [1.807, 2.05) is 20.8 Å². The SMILES string of the molecule is CCCN(CC(=O)N[C@@H](CC(C)C)C(=O)NCC(N)=O)C(=O)C(NC(=O)CNC(C)=O)C(C)(C)C. The van der Waals surface area contributed by atoms with E-state index in [0.717, 1.165) is 0 Å². The molecule has 12 nitrogen and oxygen atoms in total. The molecule has 1 unspecified atom stereocenters. The smallest absolute Gasteiger partial charge is 0.246 e. The van der Waals surface area contributed by atoms with Gasteiger partial charge in [-0.1, -0.05) is 41.5 Å². The molecule has 200 valence electrons. The Hall–Kier alpha value is -3.18. The number of primary amides is 1. The third-order valence-electron chi connectivity index (χ3n) is 4.85. The normalized spacial score (nSPS) is 12.8. The Kier molecular flexibility index (Phi) is 13.6. The third-order valence-corrected chi connectivity index (χ3v) is 4.85. The van der Waals surface area contributed by atoms with Gasteiger partial charge >= 0.3 is 0 Å². The van der Waals surface area contributed by atoms with Crippen molar-refractivity contribution in [3.8, 4) is 0 Å². The molecule has 6 N–H and O–H groups in total. The lowest BCUT2D eigenvalue weighted by Crippen LogP contribution is -2.58. The molecule has 12 heteroatoms. The molecule has 0 rings (SSSR count). The number of hydrogen-bond acceptors (Lipinski definition) is 6. The summed E-state index contributed by atoms with van der Waals surface area (Å²) in [6, 6.07) is -1.86. The first-order chi connectivity index (χ1) is 16.1. The van der Waals surface area contributed by atoms with Gasteiger partial charge < -0.3 is 31.9 Å². The van der Waals surface area contributed by atoms with Crippen LogP contribution in [-0.2, 0) is 28.8 Å². The Balaban J connectivity index is 5.52. The van der Waals surface area contributed by atoms with Crippen molar-refractivity contribution >= 4 is 35.4 Å². The van der Waals surface area contributed by atoms with E-state index in [2.05, 4.69) is 21.3 Å². The van der Waals surface area contributed by atoms with Crippen LogP contribution in [0.3, 0.4) is 0 Å². The maximum atomic E-state index is 13.4. The van der Waals surface area contributed by atoms with Crippen LogP contribution in [0.4, 0.5) is 0 Å². The number of rotatable bonds is 14. The summed E-state index contributed by atoms with van der Waals surface area (Å²) in [5.74, 6) is -3.10. The van der Waals surface area contributed by atoms with E-state index in [9.17, 15) is 28.8 Å². The van der Waals surface area contributed by atoms with Crippen LogP contribution in [0.2, 0.25) is 0 Å². The molecule has 6 amide bonds. The number of carbonyl (C=O) groups is 6. The van der Waals surface area contributed by atoms with Gasteiger partial charge in [-0.3, -0.25) is 28.8 Å². The van der Waals surface area contributed by atoms with Gasteiger partial charge in [0, 0.05) is 13.5 Å². The standard InChI is InChI=1S/C23H42N6O6/c1-8-9-29(22(35)20(23(5,6)7)28-18(32)12-25-15(4)30)13-19(33)27-16(10-14(2)3)21(34)26-11-17(24)31/h14,16,20H,8-13H2,1-7H3,(H2,24,31)(H,25,30)(H,26,34)(H,27,33)(H,28,32)/t16-,20?/m0/s1. The monoisotopic (exact) mass is 498 g/mol. The van der Waals surface area contributed by atoms with Crippen LogP contribution in [0.25, 0.3) is 0 Å². The maximum Gasteiger partial charge on any atom is 0.246 e. The predicted molar refractivity (Wildman–Crippen MR) is 131 cm³/mol. The third kappa shape index (κ3) is 13.3. The summed E-state index contributed by atoms with van der Waals surface area (Å²) < 4.78 is 0. The molecule has 0 aliphatic heterocycles. The van der Waals surface area contributed by atoms with Crippen LogP contribution in [0, 0.1) is 11.3 Å². The van der Waals surface area contributed by atoms with Gasteiger partial charge in [0.1, 0.15) is 12.1 Å². The number of hydrogen-bond donors (Lipinski definition) is 5. The van der Waals surface area contributed by atoms with Crippen molar-refractivity contribution in [2.75, 3.05) is 26.2 Å². The molecule has 35 heavy (non-hydrogen) atoms. The topological polar surface area (TPSA) is 180 Å². The fourth-order valence-corrected chi connectivity index (χ4v) is 3.20. The average Bonchev–Trinajstić information content (AvgIpc) is 2.71. The Morgan fingerprint density at radius 1 is 0.914 bits per heavy atom. The first kappa shape index (κ1) is 31.8. The Bertz CT molecular complexity index is 777. The van der Waals surface area contributed by atoms with E-state index in [0.29, 0.717) is 12.8 Å². The second-order valence-corrected chi connectivity index (χ2v) is 9.97. The van der Waals surface area contributed by atoms with E-state index < -0.39 is 47.0 Å². The molecule has 0 fully saturated rings. The first-order valence-electron chi connectivity index (χ1n) is 11.8. The van der Waals surface area contributed by atoms with Crippen molar-refractivity contribution < 1.29 is 28.8 Å². The summed E-state index contributed by atoms with van der Waals surface area (Å²) >= 11 is 0. The van der Waals surface area contributed by atoms with Gasteiger partial charge in [0.25, 0.3) is 0 Å². The van der Waals surface area contributed by atoms with Crippen LogP contribution in [0.15, 0.2) is 0 Å². The Morgan fingerprint density at radius 2 is 1.51 bits per heavy atom. The first-order valence-corrected chi connectivity index (χ1v) is 11.8. The van der Waals surface area contributed by atoms with Crippen LogP contribution in [-0.4, -0.2) is 78.6 Å². The molecule has 0 aromatic carbocycles. The van der Waals surface area contributed by atoms with Crippen molar-refractivity contribution in [1.29, 1.82) is 0 Å². The van der Waals surface area contributed by atoms with Crippen molar-refractivity contribution in [2.24, 2.45) is 17.1 Å². The lowest BCUT2D eigenvalue weighted by Gasteiger charge is -2.35. The van der Waals surface area contributed by atoms with E-state index in [1.54, 1.807) is 20.8 Å². The number of nitrogens with zero attached hydrogens (tertiary/aromatic N) is 1. The highest BCUT2D eigenvalue weighted by molar-refractivity contribution is 5.94. The molecular weight excluding hydrogens is 456 g/mol. The average molecular weight is 499 g/mol. The molecule has 0 heterocycles. The quantitative estimate of drug-likeness (QED) is 0.205. The summed E-state index contributed by atoms with van der Waals surface area (Å²) in [5.41, 5.74) is 4.39. The minimum Gasteiger partial charge on any atom is -0.368 e. The molecule has 0 aliphatic carbocycles. The molecular formula is C23H42N6O6. The largest absolute Gasteiger partial charge is 0.368 e. The summed E-state index contributed by atoms with van der Waals surface area (Å²) in [6.45, 7) is 11.5. The van der Waals surface area contributed by atoms with Gasteiger partial charge in [0.05, 0.1) is 19.6 Å². The number of nitrogens with one attached hydrogen (secondary N) is 4. The molecule has 2 atom stereocenters. The molecule has 0 aromatic heterocycles. The lowest BCUT2D eigenvalue weighted by molar-refractivity contribution is -0.142. The molecule has 0 saturated heterocycles. The van der Waals surface area contributed by atoms with Gasteiger partial charge in [-0.25, -0.2) is 0 Å². The van der Waals surface area contributed by atoms with Gasteiger partial charge in [-0.05, 0) is 24.2 Å². The summed E-state index contributed by atoms with van der Waals surface area (Å²) in [4.78, 5) is 74.3. The zero-order chi connectivity index (χ0) is 27.3. The molecule has 0 aromatic rings. The van der Waals surface area contributed by atoms with E-state index in [1.165, 1.54) is 11.8 Å². The second-order valence-electron chi connectivity index (χ2n) is 9.97.